The van der Waals surface area contributed by atoms with E-state index < -0.39 is 17.4 Å². The van der Waals surface area contributed by atoms with Gasteiger partial charge in [-0.25, -0.2) is 8.78 Å². The summed E-state index contributed by atoms with van der Waals surface area (Å²) in [6.07, 6.45) is 0.294. The third-order valence-corrected chi connectivity index (χ3v) is 2.05. The van der Waals surface area contributed by atoms with Crippen LogP contribution in [0.15, 0.2) is 10.5 Å². The summed E-state index contributed by atoms with van der Waals surface area (Å²) in [6, 6.07) is 1.06. The van der Waals surface area contributed by atoms with E-state index in [2.05, 4.69) is 20.7 Å². The summed E-state index contributed by atoms with van der Waals surface area (Å²) >= 11 is 2.83. The quantitative estimate of drug-likeness (QED) is 0.596. The number of methoxy groups -OCH3 is 1. The molecule has 2 nitrogen and oxygen atoms in total. The van der Waals surface area contributed by atoms with Crippen LogP contribution in [-0.4, -0.2) is 13.4 Å². The standard InChI is InChI=1S/C8H5BrF2O2/c1-13-8-6(10)4(3-12)2-5(9)7(8)11/h2-3H,1H3. The zero-order valence-corrected chi connectivity index (χ0v) is 8.19. The molecule has 0 aliphatic carbocycles. The molecular weight excluding hydrogens is 246 g/mol. The Bertz CT molecular complexity index is 352. The fourth-order valence-corrected chi connectivity index (χ4v) is 1.29. The van der Waals surface area contributed by atoms with Crippen LogP contribution in [0.3, 0.4) is 0 Å². The number of hydrogen-bond donors (Lipinski definition) is 0. The zero-order valence-electron chi connectivity index (χ0n) is 6.61. The number of hydrogen-bond acceptors (Lipinski definition) is 2. The molecular formula is C8H5BrF2O2. The van der Waals surface area contributed by atoms with Crippen LogP contribution in [0, 0.1) is 11.6 Å². The first-order valence-corrected chi connectivity index (χ1v) is 4.07. The highest BCUT2D eigenvalue weighted by molar-refractivity contribution is 9.10. The Morgan fingerprint density at radius 1 is 1.46 bits per heavy atom. The monoisotopic (exact) mass is 250 g/mol. The van der Waals surface area contributed by atoms with Crippen molar-refractivity contribution in [1.29, 1.82) is 0 Å². The van der Waals surface area contributed by atoms with Crippen LogP contribution in [0.5, 0.6) is 5.75 Å². The topological polar surface area (TPSA) is 26.3 Å². The van der Waals surface area contributed by atoms with Crippen molar-refractivity contribution in [2.75, 3.05) is 7.11 Å². The fraction of sp³-hybridized carbons (Fsp3) is 0.125. The van der Waals surface area contributed by atoms with Gasteiger partial charge in [0.05, 0.1) is 17.1 Å². The van der Waals surface area contributed by atoms with Crippen molar-refractivity contribution in [3.8, 4) is 5.75 Å². The minimum atomic E-state index is -0.988. The van der Waals surface area contributed by atoms with Crippen molar-refractivity contribution < 1.29 is 18.3 Å². The van der Waals surface area contributed by atoms with Gasteiger partial charge in [0.15, 0.2) is 23.7 Å². The Hall–Kier alpha value is -0.970. The third kappa shape index (κ3) is 1.70. The minimum absolute atomic E-state index is 0.00662. The van der Waals surface area contributed by atoms with Gasteiger partial charge in [-0.1, -0.05) is 0 Å². The number of rotatable bonds is 2. The Labute approximate surface area is 81.6 Å². The number of carbonyl (C=O) groups excluding carboxylic acids is 1. The van der Waals surface area contributed by atoms with Crippen LogP contribution in [0.4, 0.5) is 8.78 Å². The van der Waals surface area contributed by atoms with Crippen LogP contribution in [0.25, 0.3) is 0 Å². The summed E-state index contributed by atoms with van der Waals surface area (Å²) in [5, 5.41) is 0. The number of carbonyl (C=O) groups is 1. The van der Waals surface area contributed by atoms with E-state index in [1.807, 2.05) is 0 Å². The lowest BCUT2D eigenvalue weighted by atomic mass is 10.2. The molecule has 1 aromatic carbocycles. The number of halogens is 3. The van der Waals surface area contributed by atoms with E-state index in [0.29, 0.717) is 6.29 Å². The van der Waals surface area contributed by atoms with Crippen molar-refractivity contribution in [2.45, 2.75) is 0 Å². The van der Waals surface area contributed by atoms with E-state index in [1.165, 1.54) is 0 Å². The summed E-state index contributed by atoms with van der Waals surface area (Å²) in [7, 11) is 1.13. The van der Waals surface area contributed by atoms with Crippen LogP contribution in [0.2, 0.25) is 0 Å². The maximum absolute atomic E-state index is 13.1. The summed E-state index contributed by atoms with van der Waals surface area (Å²) in [6.45, 7) is 0. The molecule has 1 rings (SSSR count). The third-order valence-electron chi connectivity index (χ3n) is 1.48. The van der Waals surface area contributed by atoms with Gasteiger partial charge in [0.2, 0.25) is 0 Å². The molecule has 0 heterocycles. The molecule has 0 fully saturated rings. The lowest BCUT2D eigenvalue weighted by Gasteiger charge is -2.06. The lowest BCUT2D eigenvalue weighted by molar-refractivity contribution is 0.111. The normalized spacial score (nSPS) is 9.85. The largest absolute Gasteiger partial charge is 0.491 e. The average Bonchev–Trinajstić information content (AvgIpc) is 2.12. The molecule has 0 amide bonds. The van der Waals surface area contributed by atoms with E-state index in [4.69, 9.17) is 0 Å². The van der Waals surface area contributed by atoms with Crippen molar-refractivity contribution in [3.63, 3.8) is 0 Å². The second-order valence-electron chi connectivity index (χ2n) is 2.23. The summed E-state index contributed by atoms with van der Waals surface area (Å²) in [5.74, 6) is -2.40. The van der Waals surface area contributed by atoms with Crippen LogP contribution in [-0.2, 0) is 0 Å². The number of ether oxygens (including phenoxy) is 1. The molecule has 0 radical (unpaired) electrons. The van der Waals surface area contributed by atoms with Crippen molar-refractivity contribution in [3.05, 3.63) is 27.7 Å². The van der Waals surface area contributed by atoms with Gasteiger partial charge >= 0.3 is 0 Å². The first-order valence-electron chi connectivity index (χ1n) is 3.28. The highest BCUT2D eigenvalue weighted by atomic mass is 79.9. The van der Waals surface area contributed by atoms with Gasteiger partial charge < -0.3 is 4.74 Å². The smallest absolute Gasteiger partial charge is 0.192 e. The first-order chi connectivity index (χ1) is 6.11. The second kappa shape index (κ2) is 3.83. The predicted octanol–water partition coefficient (Wildman–Crippen LogP) is 2.55. The highest BCUT2D eigenvalue weighted by Crippen LogP contribution is 2.29. The summed E-state index contributed by atoms with van der Waals surface area (Å²) < 4.78 is 30.6. The average molecular weight is 251 g/mol. The van der Waals surface area contributed by atoms with E-state index >= 15 is 0 Å². The summed E-state index contributed by atoms with van der Waals surface area (Å²) in [4.78, 5) is 10.3. The Kier molecular flexibility index (Phi) is 2.98. The van der Waals surface area contributed by atoms with E-state index in [0.717, 1.165) is 13.2 Å². The van der Waals surface area contributed by atoms with Crippen molar-refractivity contribution >= 4 is 22.2 Å². The van der Waals surface area contributed by atoms with Crippen LogP contribution in [0.1, 0.15) is 10.4 Å². The molecule has 0 bridgehead atoms. The maximum Gasteiger partial charge on any atom is 0.192 e. The van der Waals surface area contributed by atoms with Gasteiger partial charge in [-0.3, -0.25) is 4.79 Å². The van der Waals surface area contributed by atoms with Gasteiger partial charge in [0, 0.05) is 0 Å². The first kappa shape index (κ1) is 10.1. The molecule has 0 aliphatic rings. The van der Waals surface area contributed by atoms with E-state index in [9.17, 15) is 13.6 Å². The van der Waals surface area contributed by atoms with Gasteiger partial charge in [0.25, 0.3) is 0 Å². The minimum Gasteiger partial charge on any atom is -0.491 e. The molecule has 70 valence electrons. The molecule has 13 heavy (non-hydrogen) atoms. The summed E-state index contributed by atoms with van der Waals surface area (Å²) in [5.41, 5.74) is -0.245. The molecule has 0 aliphatic heterocycles. The number of benzene rings is 1. The molecule has 0 spiro atoms. The van der Waals surface area contributed by atoms with E-state index in [1.54, 1.807) is 0 Å². The lowest BCUT2D eigenvalue weighted by Crippen LogP contribution is -1.98. The molecule has 0 saturated carbocycles. The maximum atomic E-state index is 13.1. The molecule has 0 atom stereocenters. The molecule has 0 unspecified atom stereocenters. The number of aldehydes is 1. The van der Waals surface area contributed by atoms with Crippen molar-refractivity contribution in [2.24, 2.45) is 0 Å². The SMILES string of the molecule is COc1c(F)c(Br)cc(C=O)c1F. The van der Waals surface area contributed by atoms with E-state index in [-0.39, 0.29) is 10.0 Å². The Balaban J connectivity index is 3.47. The van der Waals surface area contributed by atoms with Gasteiger partial charge in [-0.15, -0.1) is 0 Å². The van der Waals surface area contributed by atoms with Crippen LogP contribution < -0.4 is 4.74 Å². The molecule has 0 saturated heterocycles. The molecule has 0 aromatic heterocycles. The predicted molar refractivity (Wildman–Crippen MR) is 46.0 cm³/mol. The molecule has 0 N–H and O–H groups in total. The zero-order chi connectivity index (χ0) is 10.0. The van der Waals surface area contributed by atoms with Crippen molar-refractivity contribution in [1.82, 2.24) is 0 Å². The van der Waals surface area contributed by atoms with Gasteiger partial charge in [0.1, 0.15) is 0 Å². The fourth-order valence-electron chi connectivity index (χ4n) is 0.864. The van der Waals surface area contributed by atoms with Gasteiger partial charge in [-0.05, 0) is 22.0 Å². The van der Waals surface area contributed by atoms with Crippen LogP contribution >= 0.6 is 15.9 Å². The van der Waals surface area contributed by atoms with Gasteiger partial charge in [-0.2, -0.15) is 0 Å². The Morgan fingerprint density at radius 3 is 2.54 bits per heavy atom. The Morgan fingerprint density at radius 2 is 2.08 bits per heavy atom. The second-order valence-corrected chi connectivity index (χ2v) is 3.08. The highest BCUT2D eigenvalue weighted by Gasteiger charge is 2.17. The molecule has 1 aromatic rings. The molecule has 5 heteroatoms.